The van der Waals surface area contributed by atoms with Crippen molar-refractivity contribution in [2.75, 3.05) is 0 Å². The molecule has 0 aromatic heterocycles. The predicted molar refractivity (Wildman–Crippen MR) is 71.1 cm³/mol. The van der Waals surface area contributed by atoms with Gasteiger partial charge in [0.25, 0.3) is 0 Å². The molecule has 0 aromatic carbocycles. The maximum Gasteiger partial charge on any atom is 0.0204 e. The van der Waals surface area contributed by atoms with Crippen molar-refractivity contribution in [2.45, 2.75) is 13.3 Å². The Balaban J connectivity index is 2.06. The molecule has 0 fully saturated rings. The molecule has 0 aromatic rings. The van der Waals surface area contributed by atoms with Gasteiger partial charge in [0.1, 0.15) is 0 Å². The summed E-state index contributed by atoms with van der Waals surface area (Å²) < 4.78 is 0. The van der Waals surface area contributed by atoms with Gasteiger partial charge in [-0.15, -0.1) is 0 Å². The summed E-state index contributed by atoms with van der Waals surface area (Å²) in [4.78, 5) is 0. The Morgan fingerprint density at radius 3 is 2.19 bits per heavy atom. The molecule has 0 saturated heterocycles. The van der Waals surface area contributed by atoms with Crippen LogP contribution in [0.25, 0.3) is 0 Å². The summed E-state index contributed by atoms with van der Waals surface area (Å²) in [6.45, 7) is 6.16. The van der Waals surface area contributed by atoms with Crippen LogP contribution in [0.1, 0.15) is 13.3 Å². The molecule has 0 radical (unpaired) electrons. The molecule has 0 bridgehead atoms. The lowest BCUT2D eigenvalue weighted by Crippen LogP contribution is -1.98. The first-order valence-corrected chi connectivity index (χ1v) is 5.83. The molecule has 0 aliphatic heterocycles. The lowest BCUT2D eigenvalue weighted by Gasteiger charge is -2.12. The third-order valence-corrected chi connectivity index (χ3v) is 3.04. The topological polar surface area (TPSA) is 0 Å². The number of hydrogen-bond donors (Lipinski definition) is 0. The Labute approximate surface area is 98.1 Å². The van der Waals surface area contributed by atoms with Gasteiger partial charge < -0.3 is 0 Å². The van der Waals surface area contributed by atoms with Crippen LogP contribution in [-0.2, 0) is 0 Å². The van der Waals surface area contributed by atoms with E-state index in [1.807, 2.05) is 0 Å². The fourth-order valence-corrected chi connectivity index (χ4v) is 2.13. The van der Waals surface area contributed by atoms with E-state index in [1.54, 1.807) is 0 Å². The number of hydrogen-bond acceptors (Lipinski definition) is 0. The number of rotatable bonds is 4. The zero-order valence-electron chi connectivity index (χ0n) is 9.77. The molecule has 0 nitrogen and oxygen atoms in total. The average molecular weight is 210 g/mol. The van der Waals surface area contributed by atoms with Gasteiger partial charge in [0, 0.05) is 5.92 Å². The van der Waals surface area contributed by atoms with Crippen molar-refractivity contribution in [2.24, 2.45) is 11.8 Å². The minimum absolute atomic E-state index is 0.437. The molecule has 82 valence electrons. The van der Waals surface area contributed by atoms with Gasteiger partial charge in [-0.2, -0.15) is 0 Å². The van der Waals surface area contributed by atoms with Crippen molar-refractivity contribution in [3.05, 3.63) is 72.4 Å². The van der Waals surface area contributed by atoms with Crippen LogP contribution in [0, 0.1) is 11.8 Å². The summed E-state index contributed by atoms with van der Waals surface area (Å²) in [6.07, 6.45) is 20.8. The zero-order chi connectivity index (χ0) is 11.4. The van der Waals surface area contributed by atoms with Crippen LogP contribution >= 0.6 is 0 Å². The summed E-state index contributed by atoms with van der Waals surface area (Å²) in [5.74, 6) is 1.01. The zero-order valence-corrected chi connectivity index (χ0v) is 9.77. The normalized spacial score (nSPS) is 20.2. The van der Waals surface area contributed by atoms with Crippen LogP contribution in [0.5, 0.6) is 0 Å². The third kappa shape index (κ3) is 2.52. The first-order valence-electron chi connectivity index (χ1n) is 5.83. The Kier molecular flexibility index (Phi) is 3.40. The molecule has 0 heteroatoms. The van der Waals surface area contributed by atoms with Crippen molar-refractivity contribution >= 4 is 0 Å². The summed E-state index contributed by atoms with van der Waals surface area (Å²) in [5, 5.41) is 0. The molecular formula is C16H18. The van der Waals surface area contributed by atoms with Crippen molar-refractivity contribution < 1.29 is 0 Å². The quantitative estimate of drug-likeness (QED) is 0.605. The minimum atomic E-state index is 0.437. The Morgan fingerprint density at radius 1 is 1.06 bits per heavy atom. The fourth-order valence-electron chi connectivity index (χ4n) is 2.13. The van der Waals surface area contributed by atoms with E-state index in [0.717, 1.165) is 6.42 Å². The van der Waals surface area contributed by atoms with E-state index in [1.165, 1.54) is 11.1 Å². The van der Waals surface area contributed by atoms with Crippen LogP contribution in [0.3, 0.4) is 0 Å². The summed E-state index contributed by atoms with van der Waals surface area (Å²) >= 11 is 0. The van der Waals surface area contributed by atoms with Gasteiger partial charge in [0.05, 0.1) is 0 Å². The lowest BCUT2D eigenvalue weighted by molar-refractivity contribution is 0.827. The molecule has 16 heavy (non-hydrogen) atoms. The van der Waals surface area contributed by atoms with Crippen LogP contribution in [0.2, 0.25) is 0 Å². The molecule has 2 aliphatic carbocycles. The van der Waals surface area contributed by atoms with Crippen molar-refractivity contribution in [3.63, 3.8) is 0 Å². The van der Waals surface area contributed by atoms with Gasteiger partial charge in [-0.25, -0.2) is 0 Å². The third-order valence-electron chi connectivity index (χ3n) is 3.04. The smallest absolute Gasteiger partial charge is 0.0204 e. The average Bonchev–Trinajstić information content (AvgIpc) is 2.88. The highest BCUT2D eigenvalue weighted by molar-refractivity contribution is 5.39. The molecule has 2 aliphatic rings. The van der Waals surface area contributed by atoms with Gasteiger partial charge in [-0.1, -0.05) is 66.8 Å². The van der Waals surface area contributed by atoms with Crippen LogP contribution in [0.15, 0.2) is 72.4 Å². The second-order valence-corrected chi connectivity index (χ2v) is 4.40. The van der Waals surface area contributed by atoms with E-state index >= 15 is 0 Å². The van der Waals surface area contributed by atoms with Crippen molar-refractivity contribution in [3.8, 4) is 0 Å². The van der Waals surface area contributed by atoms with Gasteiger partial charge >= 0.3 is 0 Å². The highest BCUT2D eigenvalue weighted by atomic mass is 14.2. The summed E-state index contributed by atoms with van der Waals surface area (Å²) in [7, 11) is 0. The van der Waals surface area contributed by atoms with Gasteiger partial charge in [0.15, 0.2) is 0 Å². The maximum atomic E-state index is 4.07. The SMILES string of the molecule is C=C(C)/C(=C\CC1C=CC=C1)C1C=CC=C1. The monoisotopic (exact) mass is 210 g/mol. The van der Waals surface area contributed by atoms with E-state index in [0.29, 0.717) is 11.8 Å². The fraction of sp³-hybridized carbons (Fsp3) is 0.250. The molecule has 0 amide bonds. The Bertz CT molecular complexity index is 389. The largest absolute Gasteiger partial charge is 0.0958 e. The highest BCUT2D eigenvalue weighted by Crippen LogP contribution is 2.26. The lowest BCUT2D eigenvalue weighted by atomic mass is 9.92. The molecule has 0 atom stereocenters. The van der Waals surface area contributed by atoms with Crippen LogP contribution in [-0.4, -0.2) is 0 Å². The first-order chi connectivity index (χ1) is 7.77. The Hall–Kier alpha value is -1.56. The van der Waals surface area contributed by atoms with E-state index < -0.39 is 0 Å². The first kappa shape index (κ1) is 10.9. The second-order valence-electron chi connectivity index (χ2n) is 4.40. The van der Waals surface area contributed by atoms with Crippen molar-refractivity contribution in [1.82, 2.24) is 0 Å². The number of allylic oxidation sites excluding steroid dienone is 11. The molecule has 0 unspecified atom stereocenters. The standard InChI is InChI=1S/C16H18/c1-13(2)16(15-9-5-6-10-15)12-11-14-7-3-4-8-14/h3-10,12,14-15H,1,11H2,2H3/b16-12+. The van der Waals surface area contributed by atoms with E-state index in [4.69, 9.17) is 0 Å². The van der Waals surface area contributed by atoms with E-state index in [-0.39, 0.29) is 0 Å². The summed E-state index contributed by atoms with van der Waals surface area (Å²) in [6, 6.07) is 0. The van der Waals surface area contributed by atoms with Gasteiger partial charge in [-0.05, 0) is 24.8 Å². The molecule has 0 heterocycles. The van der Waals surface area contributed by atoms with E-state index in [9.17, 15) is 0 Å². The summed E-state index contributed by atoms with van der Waals surface area (Å²) in [5.41, 5.74) is 2.53. The molecule has 0 spiro atoms. The van der Waals surface area contributed by atoms with Crippen LogP contribution < -0.4 is 0 Å². The maximum absolute atomic E-state index is 4.07. The van der Waals surface area contributed by atoms with Crippen LogP contribution in [0.4, 0.5) is 0 Å². The molecular weight excluding hydrogens is 192 g/mol. The van der Waals surface area contributed by atoms with Crippen molar-refractivity contribution in [1.29, 1.82) is 0 Å². The minimum Gasteiger partial charge on any atom is -0.0958 e. The predicted octanol–water partition coefficient (Wildman–Crippen LogP) is 4.36. The molecule has 0 N–H and O–H groups in total. The molecule has 2 rings (SSSR count). The van der Waals surface area contributed by atoms with Gasteiger partial charge in [0.2, 0.25) is 0 Å². The second kappa shape index (κ2) is 4.98. The highest BCUT2D eigenvalue weighted by Gasteiger charge is 2.11. The van der Waals surface area contributed by atoms with E-state index in [2.05, 4.69) is 68.2 Å². The molecule has 0 saturated carbocycles. The van der Waals surface area contributed by atoms with Gasteiger partial charge in [-0.3, -0.25) is 0 Å². The Morgan fingerprint density at radius 2 is 1.62 bits per heavy atom.